The SMILES string of the molecule is CCN(Cc1ccco1)C(=O)c1cc(N)cn1CC. The molecule has 1 amide bonds. The van der Waals surface area contributed by atoms with E-state index in [0.29, 0.717) is 24.5 Å². The standard InChI is InChI=1S/C14H19N3O2/c1-3-16-9-11(15)8-13(16)14(18)17(4-2)10-12-6-5-7-19-12/h5-9H,3-4,10,15H2,1-2H3. The lowest BCUT2D eigenvalue weighted by molar-refractivity contribution is 0.0730. The van der Waals surface area contributed by atoms with Crippen molar-refractivity contribution < 1.29 is 9.21 Å². The van der Waals surface area contributed by atoms with E-state index in [0.717, 1.165) is 12.3 Å². The Balaban J connectivity index is 2.20. The second-order valence-corrected chi connectivity index (χ2v) is 4.34. The van der Waals surface area contributed by atoms with Gasteiger partial charge in [-0.1, -0.05) is 0 Å². The van der Waals surface area contributed by atoms with Crippen LogP contribution in [0.15, 0.2) is 35.1 Å². The minimum Gasteiger partial charge on any atom is -0.467 e. The van der Waals surface area contributed by atoms with Crippen molar-refractivity contribution in [1.82, 2.24) is 9.47 Å². The highest BCUT2D eigenvalue weighted by Crippen LogP contribution is 2.15. The van der Waals surface area contributed by atoms with E-state index >= 15 is 0 Å². The molecule has 0 unspecified atom stereocenters. The van der Waals surface area contributed by atoms with E-state index in [2.05, 4.69) is 0 Å². The van der Waals surface area contributed by atoms with E-state index in [-0.39, 0.29) is 5.91 Å². The number of rotatable bonds is 5. The van der Waals surface area contributed by atoms with E-state index in [1.807, 2.05) is 30.5 Å². The molecule has 2 aromatic rings. The number of nitrogen functional groups attached to an aromatic ring is 1. The number of furan rings is 1. The molecular weight excluding hydrogens is 242 g/mol. The second-order valence-electron chi connectivity index (χ2n) is 4.34. The van der Waals surface area contributed by atoms with Gasteiger partial charge in [0.05, 0.1) is 18.5 Å². The summed E-state index contributed by atoms with van der Waals surface area (Å²) in [6.45, 7) is 5.74. The van der Waals surface area contributed by atoms with Crippen LogP contribution in [-0.2, 0) is 13.1 Å². The first-order valence-electron chi connectivity index (χ1n) is 6.43. The number of aryl methyl sites for hydroxylation is 1. The molecule has 0 fully saturated rings. The van der Waals surface area contributed by atoms with Gasteiger partial charge in [-0.05, 0) is 32.0 Å². The summed E-state index contributed by atoms with van der Waals surface area (Å²) >= 11 is 0. The zero-order valence-electron chi connectivity index (χ0n) is 11.3. The zero-order valence-corrected chi connectivity index (χ0v) is 11.3. The number of aromatic nitrogens is 1. The second kappa shape index (κ2) is 5.65. The average molecular weight is 261 g/mol. The number of hydrogen-bond donors (Lipinski definition) is 1. The first kappa shape index (κ1) is 13.3. The van der Waals surface area contributed by atoms with Crippen molar-refractivity contribution in [3.8, 4) is 0 Å². The highest BCUT2D eigenvalue weighted by Gasteiger charge is 2.19. The van der Waals surface area contributed by atoms with Crippen LogP contribution >= 0.6 is 0 Å². The highest BCUT2D eigenvalue weighted by atomic mass is 16.3. The predicted molar refractivity (Wildman–Crippen MR) is 73.6 cm³/mol. The van der Waals surface area contributed by atoms with Gasteiger partial charge >= 0.3 is 0 Å². The molecule has 102 valence electrons. The van der Waals surface area contributed by atoms with Crippen molar-refractivity contribution in [2.75, 3.05) is 12.3 Å². The number of carbonyl (C=O) groups is 1. The quantitative estimate of drug-likeness (QED) is 0.898. The van der Waals surface area contributed by atoms with Crippen molar-refractivity contribution in [2.45, 2.75) is 26.9 Å². The Morgan fingerprint density at radius 1 is 1.47 bits per heavy atom. The summed E-state index contributed by atoms with van der Waals surface area (Å²) in [6.07, 6.45) is 3.40. The first-order chi connectivity index (χ1) is 9.15. The summed E-state index contributed by atoms with van der Waals surface area (Å²) in [5.74, 6) is 0.746. The molecule has 0 atom stereocenters. The van der Waals surface area contributed by atoms with Gasteiger partial charge < -0.3 is 19.6 Å². The molecule has 0 saturated carbocycles. The number of hydrogen-bond acceptors (Lipinski definition) is 3. The fourth-order valence-electron chi connectivity index (χ4n) is 2.05. The molecule has 0 bridgehead atoms. The third-order valence-corrected chi connectivity index (χ3v) is 3.07. The smallest absolute Gasteiger partial charge is 0.270 e. The molecule has 0 aromatic carbocycles. The van der Waals surface area contributed by atoms with Gasteiger partial charge in [0.2, 0.25) is 0 Å². The molecule has 0 radical (unpaired) electrons. The lowest BCUT2D eigenvalue weighted by Gasteiger charge is -2.20. The molecule has 0 aliphatic heterocycles. The number of anilines is 1. The lowest BCUT2D eigenvalue weighted by Crippen LogP contribution is -2.31. The van der Waals surface area contributed by atoms with Gasteiger partial charge in [0.25, 0.3) is 5.91 Å². The van der Waals surface area contributed by atoms with E-state index < -0.39 is 0 Å². The number of nitrogens with two attached hydrogens (primary N) is 1. The predicted octanol–water partition coefficient (Wildman–Crippen LogP) is 2.35. The Hall–Kier alpha value is -2.17. The van der Waals surface area contributed by atoms with Gasteiger partial charge in [0.1, 0.15) is 11.5 Å². The Kier molecular flexibility index (Phi) is 3.94. The maximum absolute atomic E-state index is 12.5. The van der Waals surface area contributed by atoms with Gasteiger partial charge in [0, 0.05) is 19.3 Å². The van der Waals surface area contributed by atoms with E-state index in [1.54, 1.807) is 23.4 Å². The van der Waals surface area contributed by atoms with Crippen LogP contribution in [-0.4, -0.2) is 21.9 Å². The van der Waals surface area contributed by atoms with Crippen LogP contribution in [0.25, 0.3) is 0 Å². The van der Waals surface area contributed by atoms with Crippen LogP contribution in [0.1, 0.15) is 30.1 Å². The van der Waals surface area contributed by atoms with Gasteiger partial charge in [0.15, 0.2) is 0 Å². The largest absolute Gasteiger partial charge is 0.467 e. The van der Waals surface area contributed by atoms with Crippen molar-refractivity contribution in [2.24, 2.45) is 0 Å². The third kappa shape index (κ3) is 2.81. The summed E-state index contributed by atoms with van der Waals surface area (Å²) in [7, 11) is 0. The minimum absolute atomic E-state index is 0.0301. The molecule has 0 aliphatic rings. The summed E-state index contributed by atoms with van der Waals surface area (Å²) in [6, 6.07) is 5.40. The van der Waals surface area contributed by atoms with Gasteiger partial charge in [-0.3, -0.25) is 4.79 Å². The third-order valence-electron chi connectivity index (χ3n) is 3.07. The molecule has 2 aromatic heterocycles. The van der Waals surface area contributed by atoms with Crippen LogP contribution in [0, 0.1) is 0 Å². The summed E-state index contributed by atoms with van der Waals surface area (Å²) < 4.78 is 7.15. The van der Waals surface area contributed by atoms with Crippen molar-refractivity contribution in [3.63, 3.8) is 0 Å². The average Bonchev–Trinajstić information content (AvgIpc) is 3.04. The molecule has 2 rings (SSSR count). The van der Waals surface area contributed by atoms with Crippen molar-refractivity contribution in [3.05, 3.63) is 42.1 Å². The molecule has 0 saturated heterocycles. The normalized spacial score (nSPS) is 10.6. The van der Waals surface area contributed by atoms with Gasteiger partial charge in [-0.15, -0.1) is 0 Å². The number of nitrogens with zero attached hydrogens (tertiary/aromatic N) is 2. The monoisotopic (exact) mass is 261 g/mol. The minimum atomic E-state index is -0.0301. The van der Waals surface area contributed by atoms with Crippen molar-refractivity contribution >= 4 is 11.6 Å². The molecular formula is C14H19N3O2. The molecule has 5 nitrogen and oxygen atoms in total. The van der Waals surface area contributed by atoms with Crippen LogP contribution < -0.4 is 5.73 Å². The molecule has 5 heteroatoms. The molecule has 2 N–H and O–H groups in total. The number of carbonyl (C=O) groups excluding carboxylic acids is 1. The molecule has 0 aliphatic carbocycles. The zero-order chi connectivity index (χ0) is 13.8. The highest BCUT2D eigenvalue weighted by molar-refractivity contribution is 5.93. The van der Waals surface area contributed by atoms with Crippen molar-refractivity contribution in [1.29, 1.82) is 0 Å². The molecule has 19 heavy (non-hydrogen) atoms. The number of amides is 1. The summed E-state index contributed by atoms with van der Waals surface area (Å²) in [5, 5.41) is 0. The van der Waals surface area contributed by atoms with Crippen LogP contribution in [0.4, 0.5) is 5.69 Å². The Morgan fingerprint density at radius 2 is 2.26 bits per heavy atom. The van der Waals surface area contributed by atoms with E-state index in [4.69, 9.17) is 10.2 Å². The van der Waals surface area contributed by atoms with E-state index in [1.165, 1.54) is 0 Å². The Labute approximate surface area is 112 Å². The Morgan fingerprint density at radius 3 is 2.84 bits per heavy atom. The fraction of sp³-hybridized carbons (Fsp3) is 0.357. The topological polar surface area (TPSA) is 64.4 Å². The lowest BCUT2D eigenvalue weighted by atomic mass is 10.3. The molecule has 0 spiro atoms. The van der Waals surface area contributed by atoms with E-state index in [9.17, 15) is 4.79 Å². The maximum Gasteiger partial charge on any atom is 0.270 e. The maximum atomic E-state index is 12.5. The van der Waals surface area contributed by atoms with Crippen LogP contribution in [0.5, 0.6) is 0 Å². The van der Waals surface area contributed by atoms with Gasteiger partial charge in [-0.2, -0.15) is 0 Å². The Bertz CT molecular complexity index is 543. The van der Waals surface area contributed by atoms with Crippen LogP contribution in [0.2, 0.25) is 0 Å². The summed E-state index contributed by atoms with van der Waals surface area (Å²) in [5.41, 5.74) is 6.99. The van der Waals surface area contributed by atoms with Gasteiger partial charge in [-0.25, -0.2) is 0 Å². The summed E-state index contributed by atoms with van der Waals surface area (Å²) in [4.78, 5) is 14.2. The fourth-order valence-corrected chi connectivity index (χ4v) is 2.05. The van der Waals surface area contributed by atoms with Crippen LogP contribution in [0.3, 0.4) is 0 Å². The first-order valence-corrected chi connectivity index (χ1v) is 6.43. The molecule has 2 heterocycles.